The number of benzene rings is 1. The molecule has 2 aromatic rings. The van der Waals surface area contributed by atoms with Crippen molar-refractivity contribution in [1.29, 1.82) is 0 Å². The summed E-state index contributed by atoms with van der Waals surface area (Å²) in [5, 5.41) is 5.64. The van der Waals surface area contributed by atoms with E-state index < -0.39 is 0 Å². The van der Waals surface area contributed by atoms with Crippen molar-refractivity contribution >= 4 is 22.0 Å². The van der Waals surface area contributed by atoms with Crippen LogP contribution in [0.15, 0.2) is 53.3 Å². The zero-order chi connectivity index (χ0) is 14.2. The molecule has 4 nitrogen and oxygen atoms in total. The van der Waals surface area contributed by atoms with Gasteiger partial charge in [-0.3, -0.25) is 4.98 Å². The molecule has 1 heterocycles. The molecule has 1 aromatic carbocycles. The van der Waals surface area contributed by atoms with Gasteiger partial charge in [-0.25, -0.2) is 4.79 Å². The normalized spacial score (nSPS) is 10.1. The number of amides is 2. The fourth-order valence-corrected chi connectivity index (χ4v) is 2.24. The Bertz CT molecular complexity index is 560. The van der Waals surface area contributed by atoms with E-state index in [4.69, 9.17) is 0 Å². The Morgan fingerprint density at radius 1 is 1.15 bits per heavy atom. The maximum absolute atomic E-state index is 11.6. The van der Waals surface area contributed by atoms with Crippen molar-refractivity contribution in [3.63, 3.8) is 0 Å². The lowest BCUT2D eigenvalue weighted by molar-refractivity contribution is 0.240. The summed E-state index contributed by atoms with van der Waals surface area (Å²) in [5.41, 5.74) is 2.16. The molecular weight excluding hydrogens is 318 g/mol. The van der Waals surface area contributed by atoms with Gasteiger partial charge in [-0.15, -0.1) is 0 Å². The third-order valence-corrected chi connectivity index (χ3v) is 3.59. The lowest BCUT2D eigenvalue weighted by atomic mass is 10.1. The van der Waals surface area contributed by atoms with E-state index in [9.17, 15) is 4.79 Å². The summed E-state index contributed by atoms with van der Waals surface area (Å²) in [7, 11) is 0. The molecule has 0 unspecified atom stereocenters. The summed E-state index contributed by atoms with van der Waals surface area (Å²) >= 11 is 3.49. The number of halogens is 1. The highest BCUT2D eigenvalue weighted by Gasteiger charge is 2.02. The summed E-state index contributed by atoms with van der Waals surface area (Å²) in [5.74, 6) is 0. The molecule has 2 rings (SSSR count). The molecular formula is C15H16BrN3O. The highest BCUT2D eigenvalue weighted by molar-refractivity contribution is 9.10. The van der Waals surface area contributed by atoms with Crippen molar-refractivity contribution in [2.24, 2.45) is 0 Å². The first-order valence-electron chi connectivity index (χ1n) is 6.40. The van der Waals surface area contributed by atoms with Crippen LogP contribution >= 0.6 is 15.9 Å². The van der Waals surface area contributed by atoms with Crippen molar-refractivity contribution in [3.8, 4) is 0 Å². The van der Waals surface area contributed by atoms with Crippen molar-refractivity contribution in [3.05, 3.63) is 64.4 Å². The monoisotopic (exact) mass is 333 g/mol. The van der Waals surface area contributed by atoms with Crippen LogP contribution in [0.3, 0.4) is 0 Å². The maximum atomic E-state index is 11.6. The number of aromatic nitrogens is 1. The van der Waals surface area contributed by atoms with Crippen LogP contribution in [0.5, 0.6) is 0 Å². The highest BCUT2D eigenvalue weighted by Crippen LogP contribution is 2.15. The lowest BCUT2D eigenvalue weighted by Gasteiger charge is -2.08. The average molecular weight is 334 g/mol. The smallest absolute Gasteiger partial charge is 0.315 e. The fraction of sp³-hybridized carbons (Fsp3) is 0.200. The van der Waals surface area contributed by atoms with Gasteiger partial charge in [0.1, 0.15) is 0 Å². The maximum Gasteiger partial charge on any atom is 0.315 e. The Hall–Kier alpha value is -1.88. The van der Waals surface area contributed by atoms with Gasteiger partial charge in [-0.05, 0) is 29.7 Å². The van der Waals surface area contributed by atoms with Crippen molar-refractivity contribution in [2.75, 3.05) is 6.54 Å². The number of hydrogen-bond acceptors (Lipinski definition) is 2. The van der Waals surface area contributed by atoms with Crippen LogP contribution in [-0.4, -0.2) is 17.6 Å². The molecule has 0 aliphatic carbocycles. The molecule has 0 radical (unpaired) electrons. The van der Waals surface area contributed by atoms with E-state index in [2.05, 4.69) is 31.5 Å². The highest BCUT2D eigenvalue weighted by atomic mass is 79.9. The summed E-state index contributed by atoms with van der Waals surface area (Å²) in [4.78, 5) is 15.6. The first kappa shape index (κ1) is 14.5. The van der Waals surface area contributed by atoms with Gasteiger partial charge in [0.05, 0.1) is 0 Å². The molecule has 2 N–H and O–H groups in total. The van der Waals surface area contributed by atoms with E-state index in [0.29, 0.717) is 13.1 Å². The Morgan fingerprint density at radius 3 is 2.75 bits per heavy atom. The number of rotatable bonds is 5. The molecule has 0 saturated heterocycles. The molecule has 2 amide bonds. The van der Waals surface area contributed by atoms with Crippen molar-refractivity contribution < 1.29 is 4.79 Å². The number of pyridine rings is 1. The molecule has 0 spiro atoms. The van der Waals surface area contributed by atoms with Gasteiger partial charge in [0.15, 0.2) is 0 Å². The first-order chi connectivity index (χ1) is 9.75. The summed E-state index contributed by atoms with van der Waals surface area (Å²) in [6, 6.07) is 11.6. The third kappa shape index (κ3) is 4.66. The Kier molecular flexibility index (Phi) is 5.55. The Morgan fingerprint density at radius 2 is 2.00 bits per heavy atom. The van der Waals surface area contributed by atoms with Gasteiger partial charge in [0.25, 0.3) is 0 Å². The SMILES string of the molecule is O=C(NCCc1ccccc1Br)NCc1cccnc1. The molecule has 104 valence electrons. The standard InChI is InChI=1S/C15H16BrN3O/c16-14-6-2-1-5-13(14)7-9-18-15(20)19-11-12-4-3-8-17-10-12/h1-6,8,10H,7,9,11H2,(H2,18,19,20). The van der Waals surface area contributed by atoms with Crippen LogP contribution < -0.4 is 10.6 Å². The molecule has 0 atom stereocenters. The summed E-state index contributed by atoms with van der Waals surface area (Å²) < 4.78 is 1.07. The minimum atomic E-state index is -0.166. The summed E-state index contributed by atoms with van der Waals surface area (Å²) in [6.07, 6.45) is 4.24. The van der Waals surface area contributed by atoms with E-state index in [1.165, 1.54) is 5.56 Å². The average Bonchev–Trinajstić information content (AvgIpc) is 2.48. The number of carbonyl (C=O) groups is 1. The number of urea groups is 1. The molecule has 20 heavy (non-hydrogen) atoms. The van der Waals surface area contributed by atoms with Gasteiger partial charge >= 0.3 is 6.03 Å². The van der Waals surface area contributed by atoms with E-state index in [-0.39, 0.29) is 6.03 Å². The van der Waals surface area contributed by atoms with Gasteiger partial charge in [0, 0.05) is 30.0 Å². The van der Waals surface area contributed by atoms with Gasteiger partial charge in [-0.2, -0.15) is 0 Å². The second-order valence-electron chi connectivity index (χ2n) is 4.31. The van der Waals surface area contributed by atoms with Crippen LogP contribution in [0.25, 0.3) is 0 Å². The zero-order valence-corrected chi connectivity index (χ0v) is 12.6. The van der Waals surface area contributed by atoms with Crippen LogP contribution in [0.1, 0.15) is 11.1 Å². The fourth-order valence-electron chi connectivity index (χ4n) is 1.76. The molecule has 5 heteroatoms. The van der Waals surface area contributed by atoms with Crippen LogP contribution in [0.4, 0.5) is 4.79 Å². The van der Waals surface area contributed by atoms with Gasteiger partial charge < -0.3 is 10.6 Å². The van der Waals surface area contributed by atoms with Gasteiger partial charge in [0.2, 0.25) is 0 Å². The van der Waals surface area contributed by atoms with Gasteiger partial charge in [-0.1, -0.05) is 40.2 Å². The molecule has 0 saturated carbocycles. The second-order valence-corrected chi connectivity index (χ2v) is 5.17. The third-order valence-electron chi connectivity index (χ3n) is 2.81. The number of nitrogens with zero attached hydrogens (tertiary/aromatic N) is 1. The predicted octanol–water partition coefficient (Wildman–Crippen LogP) is 2.89. The number of nitrogens with one attached hydrogen (secondary N) is 2. The Balaban J connectivity index is 1.69. The first-order valence-corrected chi connectivity index (χ1v) is 7.19. The van der Waals surface area contributed by atoms with E-state index >= 15 is 0 Å². The van der Waals surface area contributed by atoms with Crippen LogP contribution in [-0.2, 0) is 13.0 Å². The van der Waals surface area contributed by atoms with Crippen molar-refractivity contribution in [2.45, 2.75) is 13.0 Å². The molecule has 0 aliphatic heterocycles. The van der Waals surface area contributed by atoms with E-state index in [1.807, 2.05) is 36.4 Å². The largest absolute Gasteiger partial charge is 0.338 e. The van der Waals surface area contributed by atoms with E-state index in [0.717, 1.165) is 16.5 Å². The predicted molar refractivity (Wildman–Crippen MR) is 82.3 cm³/mol. The topological polar surface area (TPSA) is 54.0 Å². The molecule has 1 aromatic heterocycles. The van der Waals surface area contributed by atoms with Crippen LogP contribution in [0.2, 0.25) is 0 Å². The quantitative estimate of drug-likeness (QED) is 0.883. The van der Waals surface area contributed by atoms with E-state index in [1.54, 1.807) is 12.4 Å². The zero-order valence-electron chi connectivity index (χ0n) is 11.0. The lowest BCUT2D eigenvalue weighted by Crippen LogP contribution is -2.36. The minimum Gasteiger partial charge on any atom is -0.338 e. The number of hydrogen-bond donors (Lipinski definition) is 2. The second kappa shape index (κ2) is 7.65. The molecule has 0 bridgehead atoms. The summed E-state index contributed by atoms with van der Waals surface area (Å²) in [6.45, 7) is 1.08. The molecule has 0 fully saturated rings. The Labute approximate surface area is 126 Å². The van der Waals surface area contributed by atoms with Crippen LogP contribution in [0, 0.1) is 0 Å². The molecule has 0 aliphatic rings. The number of carbonyl (C=O) groups excluding carboxylic acids is 1. The minimum absolute atomic E-state index is 0.166. The van der Waals surface area contributed by atoms with Crippen molar-refractivity contribution in [1.82, 2.24) is 15.6 Å².